The minimum absolute atomic E-state index is 0.0443. The Morgan fingerprint density at radius 3 is 2.47 bits per heavy atom. The number of aryl methyl sites for hydroxylation is 1. The van der Waals surface area contributed by atoms with Crippen molar-refractivity contribution in [2.75, 3.05) is 0 Å². The first kappa shape index (κ1) is 23.5. The summed E-state index contributed by atoms with van der Waals surface area (Å²) in [7, 11) is 0. The maximum Gasteiger partial charge on any atom is 0.295 e. The van der Waals surface area contributed by atoms with Crippen LogP contribution in [-0.2, 0) is 21.5 Å². The summed E-state index contributed by atoms with van der Waals surface area (Å²) in [6, 6.07) is 16.2. The second kappa shape index (κ2) is 8.75. The molecule has 4 aromatic rings. The summed E-state index contributed by atoms with van der Waals surface area (Å²) in [5, 5.41) is 14.0. The lowest BCUT2D eigenvalue weighted by Crippen LogP contribution is -2.29. The number of carbonyl (C=O) groups is 2. The van der Waals surface area contributed by atoms with Gasteiger partial charge in [-0.3, -0.25) is 9.59 Å². The highest BCUT2D eigenvalue weighted by Crippen LogP contribution is 2.40. The van der Waals surface area contributed by atoms with E-state index in [-0.39, 0.29) is 17.5 Å². The van der Waals surface area contributed by atoms with Gasteiger partial charge in [-0.25, -0.2) is 9.97 Å². The lowest BCUT2D eigenvalue weighted by Gasteiger charge is -2.28. The van der Waals surface area contributed by atoms with Crippen LogP contribution in [0.1, 0.15) is 54.9 Å². The SMILES string of the molecule is Cc1nc2ccccn2c1C([O-])=C1C(=O)C(=O)N(Cc2ccc[nH+]c2)C1c1ccc(C(C)(C)C)cc1. The number of H-pyrrole nitrogens is 1. The molecule has 0 radical (unpaired) electrons. The number of likely N-dealkylation sites (tertiary alicyclic amines) is 1. The van der Waals surface area contributed by atoms with Crippen LogP contribution < -0.4 is 10.1 Å². The third-order valence-corrected chi connectivity index (χ3v) is 6.67. The average molecular weight is 481 g/mol. The van der Waals surface area contributed by atoms with Crippen molar-refractivity contribution in [1.82, 2.24) is 14.3 Å². The molecule has 1 fully saturated rings. The average Bonchev–Trinajstić information content (AvgIpc) is 3.32. The second-order valence-electron chi connectivity index (χ2n) is 10.2. The van der Waals surface area contributed by atoms with Crippen molar-refractivity contribution in [3.8, 4) is 0 Å². The van der Waals surface area contributed by atoms with Crippen molar-refractivity contribution in [3.63, 3.8) is 0 Å². The number of aromatic amines is 1. The Bertz CT molecular complexity index is 1500. The quantitative estimate of drug-likeness (QED) is 0.255. The first-order chi connectivity index (χ1) is 17.2. The van der Waals surface area contributed by atoms with E-state index in [1.807, 2.05) is 42.5 Å². The largest absolute Gasteiger partial charge is 0.871 e. The summed E-state index contributed by atoms with van der Waals surface area (Å²) in [5.74, 6) is -1.93. The van der Waals surface area contributed by atoms with E-state index in [0.29, 0.717) is 17.0 Å². The van der Waals surface area contributed by atoms with Crippen molar-refractivity contribution in [2.45, 2.75) is 45.7 Å². The molecule has 1 unspecified atom stereocenters. The van der Waals surface area contributed by atoms with Gasteiger partial charge in [0.05, 0.1) is 24.0 Å². The zero-order chi connectivity index (χ0) is 25.6. The van der Waals surface area contributed by atoms with E-state index in [0.717, 1.165) is 16.7 Å². The fraction of sp³-hybridized carbons (Fsp3) is 0.241. The number of Topliss-reactive ketones (excluding diaryl/α,β-unsaturated/α-hetero) is 1. The normalized spacial score (nSPS) is 17.8. The molecule has 0 saturated carbocycles. The number of pyridine rings is 2. The third kappa shape index (κ3) is 3.96. The minimum Gasteiger partial charge on any atom is -0.871 e. The van der Waals surface area contributed by atoms with Crippen LogP contribution in [0.25, 0.3) is 11.4 Å². The van der Waals surface area contributed by atoms with Gasteiger partial charge < -0.3 is 14.4 Å². The number of ketones is 1. The maximum absolute atomic E-state index is 14.0. The van der Waals surface area contributed by atoms with Crippen LogP contribution in [0.3, 0.4) is 0 Å². The fourth-order valence-corrected chi connectivity index (χ4v) is 4.79. The summed E-state index contributed by atoms with van der Waals surface area (Å²) in [6.07, 6.45) is 5.30. The Balaban J connectivity index is 1.70. The molecule has 7 heteroatoms. The summed E-state index contributed by atoms with van der Waals surface area (Å²) in [4.78, 5) is 35.7. The monoisotopic (exact) mass is 480 g/mol. The summed E-state index contributed by atoms with van der Waals surface area (Å²) < 4.78 is 1.68. The molecule has 1 amide bonds. The first-order valence-electron chi connectivity index (χ1n) is 11.9. The summed E-state index contributed by atoms with van der Waals surface area (Å²) >= 11 is 0. The highest BCUT2D eigenvalue weighted by molar-refractivity contribution is 6.46. The predicted octanol–water partition coefficient (Wildman–Crippen LogP) is 3.18. The van der Waals surface area contributed by atoms with Gasteiger partial charge in [0, 0.05) is 23.4 Å². The van der Waals surface area contributed by atoms with Crippen LogP contribution >= 0.6 is 0 Å². The Kier molecular flexibility index (Phi) is 5.71. The van der Waals surface area contributed by atoms with Gasteiger partial charge in [-0.2, -0.15) is 0 Å². The van der Waals surface area contributed by atoms with E-state index in [1.165, 1.54) is 4.90 Å². The van der Waals surface area contributed by atoms with E-state index in [1.54, 1.807) is 42.0 Å². The van der Waals surface area contributed by atoms with E-state index < -0.39 is 23.5 Å². The fourth-order valence-electron chi connectivity index (χ4n) is 4.79. The molecule has 7 nitrogen and oxygen atoms in total. The predicted molar refractivity (Wildman–Crippen MR) is 133 cm³/mol. The minimum atomic E-state index is -0.805. The Hall–Kier alpha value is -4.26. The molecule has 4 heterocycles. The zero-order valence-electron chi connectivity index (χ0n) is 20.8. The highest BCUT2D eigenvalue weighted by Gasteiger charge is 2.44. The van der Waals surface area contributed by atoms with Crippen LogP contribution in [0, 0.1) is 6.92 Å². The van der Waals surface area contributed by atoms with Crippen molar-refractivity contribution >= 4 is 23.1 Å². The van der Waals surface area contributed by atoms with Gasteiger partial charge in [0.1, 0.15) is 5.65 Å². The summed E-state index contributed by atoms with van der Waals surface area (Å²) in [5.41, 5.74) is 3.98. The number of benzene rings is 1. The number of rotatable bonds is 4. The van der Waals surface area contributed by atoms with Gasteiger partial charge in [0.15, 0.2) is 12.4 Å². The molecular formula is C29H28N4O3. The molecule has 3 aromatic heterocycles. The molecule has 1 N–H and O–H groups in total. The molecule has 182 valence electrons. The van der Waals surface area contributed by atoms with Gasteiger partial charge in [-0.05, 0) is 41.7 Å². The Morgan fingerprint density at radius 2 is 1.81 bits per heavy atom. The van der Waals surface area contributed by atoms with Crippen LogP contribution in [-0.4, -0.2) is 26.0 Å². The van der Waals surface area contributed by atoms with Gasteiger partial charge in [0.2, 0.25) is 5.78 Å². The number of carbonyl (C=O) groups excluding carboxylic acids is 2. The number of nitrogens with zero attached hydrogens (tertiary/aromatic N) is 3. The lowest BCUT2D eigenvalue weighted by atomic mass is 9.85. The van der Waals surface area contributed by atoms with Crippen molar-refractivity contribution < 1.29 is 19.7 Å². The van der Waals surface area contributed by atoms with Crippen molar-refractivity contribution in [2.24, 2.45) is 0 Å². The number of fused-ring (bicyclic) bond motifs is 1. The second-order valence-corrected chi connectivity index (χ2v) is 10.2. The van der Waals surface area contributed by atoms with Crippen LogP contribution in [0.5, 0.6) is 0 Å². The molecule has 1 aliphatic heterocycles. The van der Waals surface area contributed by atoms with E-state index in [2.05, 4.69) is 30.7 Å². The highest BCUT2D eigenvalue weighted by atomic mass is 16.3. The third-order valence-electron chi connectivity index (χ3n) is 6.67. The molecule has 0 aliphatic carbocycles. The van der Waals surface area contributed by atoms with Gasteiger partial charge >= 0.3 is 0 Å². The van der Waals surface area contributed by atoms with Crippen LogP contribution in [0.4, 0.5) is 0 Å². The molecule has 0 spiro atoms. The standard InChI is InChI=1S/C29H28N4O3/c1-18-24(32-15-6-5-9-22(32)31-18)26(34)23-25(20-10-12-21(13-11-20)29(2,3)4)33(28(36)27(23)35)17-19-8-7-14-30-16-19/h5-16,25,34H,17H2,1-4H3. The maximum atomic E-state index is 14.0. The Labute approximate surface area is 209 Å². The van der Waals surface area contributed by atoms with Gasteiger partial charge in [-0.1, -0.05) is 56.9 Å². The van der Waals surface area contributed by atoms with Crippen molar-refractivity contribution in [3.05, 3.63) is 107 Å². The summed E-state index contributed by atoms with van der Waals surface area (Å²) in [6.45, 7) is 8.30. The van der Waals surface area contributed by atoms with Gasteiger partial charge in [-0.15, -0.1) is 0 Å². The van der Waals surface area contributed by atoms with E-state index in [4.69, 9.17) is 0 Å². The van der Waals surface area contributed by atoms with Gasteiger partial charge in [0.25, 0.3) is 5.91 Å². The van der Waals surface area contributed by atoms with Crippen LogP contribution in [0.15, 0.2) is 78.8 Å². The van der Waals surface area contributed by atoms with Crippen molar-refractivity contribution in [1.29, 1.82) is 0 Å². The molecular weight excluding hydrogens is 452 g/mol. The number of imidazole rings is 1. The van der Waals surface area contributed by atoms with E-state index in [9.17, 15) is 14.7 Å². The zero-order valence-corrected chi connectivity index (χ0v) is 20.8. The molecule has 5 rings (SSSR count). The number of nitrogens with one attached hydrogen (secondary N) is 1. The first-order valence-corrected chi connectivity index (χ1v) is 11.9. The number of amides is 1. The molecule has 36 heavy (non-hydrogen) atoms. The number of hydrogen-bond acceptors (Lipinski definition) is 4. The molecule has 1 atom stereocenters. The number of aromatic nitrogens is 3. The molecule has 1 saturated heterocycles. The lowest BCUT2D eigenvalue weighted by molar-refractivity contribution is -0.378. The number of hydrogen-bond donors (Lipinski definition) is 0. The Morgan fingerprint density at radius 1 is 1.06 bits per heavy atom. The van der Waals surface area contributed by atoms with Crippen LogP contribution in [0.2, 0.25) is 0 Å². The smallest absolute Gasteiger partial charge is 0.295 e. The molecule has 1 aliphatic rings. The topological polar surface area (TPSA) is 91.9 Å². The molecule has 1 aromatic carbocycles. The van der Waals surface area contributed by atoms with E-state index >= 15 is 0 Å². The molecule has 0 bridgehead atoms.